The number of hydrogen-bond donors (Lipinski definition) is 1. The third-order valence-electron chi connectivity index (χ3n) is 1.80. The first-order valence-electron chi connectivity index (χ1n) is 4.60. The van der Waals surface area contributed by atoms with Gasteiger partial charge < -0.3 is 4.74 Å². The Bertz CT molecular complexity index is 241. The second kappa shape index (κ2) is 5.18. The van der Waals surface area contributed by atoms with Gasteiger partial charge in [0.1, 0.15) is 5.75 Å². The molecular weight excluding hydrogens is 180 g/mol. The molecular formula is C11H16OS. The molecule has 1 aromatic carbocycles. The zero-order valence-electron chi connectivity index (χ0n) is 8.16. The van der Waals surface area contributed by atoms with Crippen molar-refractivity contribution in [2.24, 2.45) is 5.92 Å². The summed E-state index contributed by atoms with van der Waals surface area (Å²) in [6.45, 7) is 5.18. The van der Waals surface area contributed by atoms with Crippen LogP contribution in [-0.4, -0.2) is 6.61 Å². The number of thiol groups is 1. The van der Waals surface area contributed by atoms with Crippen LogP contribution >= 0.6 is 12.6 Å². The van der Waals surface area contributed by atoms with Crippen molar-refractivity contribution < 1.29 is 4.74 Å². The van der Waals surface area contributed by atoms with Crippen molar-refractivity contribution in [2.45, 2.75) is 25.2 Å². The van der Waals surface area contributed by atoms with Gasteiger partial charge in [0.25, 0.3) is 0 Å². The van der Waals surface area contributed by atoms with E-state index in [1.54, 1.807) is 0 Å². The molecule has 1 aromatic rings. The average Bonchev–Trinajstić information content (AvgIpc) is 2.08. The van der Waals surface area contributed by atoms with Crippen LogP contribution in [-0.2, 0) is 0 Å². The standard InChI is InChI=1S/C11H16OS/c1-9(2)7-8-12-10-3-5-11(13)6-4-10/h3-6,9,13H,7-8H2,1-2H3. The van der Waals surface area contributed by atoms with E-state index in [1.807, 2.05) is 24.3 Å². The topological polar surface area (TPSA) is 9.23 Å². The van der Waals surface area contributed by atoms with Gasteiger partial charge in [0.15, 0.2) is 0 Å². The molecule has 72 valence electrons. The van der Waals surface area contributed by atoms with E-state index in [4.69, 9.17) is 4.74 Å². The molecule has 0 fully saturated rings. The normalized spacial score (nSPS) is 10.5. The molecule has 0 saturated heterocycles. The van der Waals surface area contributed by atoms with E-state index in [0.717, 1.165) is 23.7 Å². The lowest BCUT2D eigenvalue weighted by Gasteiger charge is -2.07. The van der Waals surface area contributed by atoms with Crippen LogP contribution in [0.1, 0.15) is 20.3 Å². The summed E-state index contributed by atoms with van der Waals surface area (Å²) in [6, 6.07) is 7.77. The summed E-state index contributed by atoms with van der Waals surface area (Å²) in [7, 11) is 0. The molecule has 0 aliphatic rings. The Labute approximate surface area is 85.5 Å². The van der Waals surface area contributed by atoms with E-state index in [1.165, 1.54) is 0 Å². The molecule has 1 rings (SSSR count). The van der Waals surface area contributed by atoms with Crippen LogP contribution in [0.5, 0.6) is 5.75 Å². The molecule has 0 amide bonds. The Kier molecular flexibility index (Phi) is 4.16. The molecule has 13 heavy (non-hydrogen) atoms. The highest BCUT2D eigenvalue weighted by Crippen LogP contribution is 2.14. The van der Waals surface area contributed by atoms with Crippen molar-refractivity contribution in [3.8, 4) is 5.75 Å². The van der Waals surface area contributed by atoms with Gasteiger partial charge in [-0.3, -0.25) is 0 Å². The van der Waals surface area contributed by atoms with E-state index in [-0.39, 0.29) is 0 Å². The van der Waals surface area contributed by atoms with E-state index < -0.39 is 0 Å². The summed E-state index contributed by atoms with van der Waals surface area (Å²) in [6.07, 6.45) is 1.10. The Hall–Kier alpha value is -0.630. The Balaban J connectivity index is 2.33. The molecule has 0 radical (unpaired) electrons. The highest BCUT2D eigenvalue weighted by molar-refractivity contribution is 7.80. The maximum atomic E-state index is 5.54. The Morgan fingerprint density at radius 3 is 2.38 bits per heavy atom. The fourth-order valence-corrected chi connectivity index (χ4v) is 1.10. The minimum atomic E-state index is 0.698. The SMILES string of the molecule is CC(C)CCOc1ccc(S)cc1. The zero-order chi connectivity index (χ0) is 9.68. The number of benzene rings is 1. The van der Waals surface area contributed by atoms with Gasteiger partial charge in [-0.1, -0.05) is 13.8 Å². The van der Waals surface area contributed by atoms with Crippen molar-refractivity contribution in [1.29, 1.82) is 0 Å². The summed E-state index contributed by atoms with van der Waals surface area (Å²) in [4.78, 5) is 0.969. The molecule has 0 N–H and O–H groups in total. The Morgan fingerprint density at radius 2 is 1.85 bits per heavy atom. The monoisotopic (exact) mass is 196 g/mol. The minimum absolute atomic E-state index is 0.698. The summed E-state index contributed by atoms with van der Waals surface area (Å²) >= 11 is 4.20. The molecule has 0 aliphatic carbocycles. The molecule has 2 heteroatoms. The molecule has 0 unspecified atom stereocenters. The third kappa shape index (κ3) is 4.23. The van der Waals surface area contributed by atoms with Crippen molar-refractivity contribution in [1.82, 2.24) is 0 Å². The highest BCUT2D eigenvalue weighted by atomic mass is 32.1. The van der Waals surface area contributed by atoms with Crippen LogP contribution in [0, 0.1) is 5.92 Å². The first-order valence-corrected chi connectivity index (χ1v) is 5.05. The van der Waals surface area contributed by atoms with Crippen LogP contribution in [0.15, 0.2) is 29.2 Å². The van der Waals surface area contributed by atoms with Gasteiger partial charge in [-0.2, -0.15) is 0 Å². The second-order valence-corrected chi connectivity index (χ2v) is 4.04. The van der Waals surface area contributed by atoms with Crippen LogP contribution in [0.4, 0.5) is 0 Å². The lowest BCUT2D eigenvalue weighted by molar-refractivity contribution is 0.289. The van der Waals surface area contributed by atoms with E-state index in [9.17, 15) is 0 Å². The first kappa shape index (κ1) is 10.5. The average molecular weight is 196 g/mol. The molecule has 0 bridgehead atoms. The molecule has 0 atom stereocenters. The number of ether oxygens (including phenoxy) is 1. The van der Waals surface area contributed by atoms with E-state index in [0.29, 0.717) is 5.92 Å². The maximum absolute atomic E-state index is 5.54. The summed E-state index contributed by atoms with van der Waals surface area (Å²) in [5.74, 6) is 1.63. The zero-order valence-corrected chi connectivity index (χ0v) is 9.05. The predicted octanol–water partition coefficient (Wildman–Crippen LogP) is 3.40. The number of hydrogen-bond acceptors (Lipinski definition) is 2. The van der Waals surface area contributed by atoms with Crippen molar-refractivity contribution in [3.63, 3.8) is 0 Å². The summed E-state index contributed by atoms with van der Waals surface area (Å²) in [5, 5.41) is 0. The van der Waals surface area contributed by atoms with Gasteiger partial charge in [-0.15, -0.1) is 12.6 Å². The lowest BCUT2D eigenvalue weighted by atomic mass is 10.1. The second-order valence-electron chi connectivity index (χ2n) is 3.52. The van der Waals surface area contributed by atoms with Crippen LogP contribution in [0.25, 0.3) is 0 Å². The van der Waals surface area contributed by atoms with Crippen LogP contribution in [0.2, 0.25) is 0 Å². The van der Waals surface area contributed by atoms with Gasteiger partial charge in [0, 0.05) is 4.90 Å². The van der Waals surface area contributed by atoms with E-state index in [2.05, 4.69) is 26.5 Å². The van der Waals surface area contributed by atoms with Crippen molar-refractivity contribution in [2.75, 3.05) is 6.61 Å². The molecule has 0 aliphatic heterocycles. The first-order chi connectivity index (χ1) is 6.18. The predicted molar refractivity (Wildman–Crippen MR) is 58.6 cm³/mol. The van der Waals surface area contributed by atoms with Gasteiger partial charge in [0.05, 0.1) is 6.61 Å². The summed E-state index contributed by atoms with van der Waals surface area (Å²) in [5.41, 5.74) is 0. The number of rotatable bonds is 4. The third-order valence-corrected chi connectivity index (χ3v) is 2.10. The highest BCUT2D eigenvalue weighted by Gasteiger charge is 1.95. The fraction of sp³-hybridized carbons (Fsp3) is 0.455. The molecule has 1 nitrogen and oxygen atoms in total. The fourth-order valence-electron chi connectivity index (χ4n) is 0.955. The Morgan fingerprint density at radius 1 is 1.23 bits per heavy atom. The van der Waals surface area contributed by atoms with Crippen LogP contribution < -0.4 is 4.74 Å². The molecule has 0 saturated carbocycles. The van der Waals surface area contributed by atoms with Gasteiger partial charge in [-0.05, 0) is 36.6 Å². The maximum Gasteiger partial charge on any atom is 0.119 e. The van der Waals surface area contributed by atoms with Gasteiger partial charge in [0.2, 0.25) is 0 Å². The van der Waals surface area contributed by atoms with Crippen molar-refractivity contribution >= 4 is 12.6 Å². The molecule has 0 spiro atoms. The van der Waals surface area contributed by atoms with Gasteiger partial charge >= 0.3 is 0 Å². The quantitative estimate of drug-likeness (QED) is 0.726. The van der Waals surface area contributed by atoms with Crippen molar-refractivity contribution in [3.05, 3.63) is 24.3 Å². The minimum Gasteiger partial charge on any atom is -0.494 e. The summed E-state index contributed by atoms with van der Waals surface area (Å²) < 4.78 is 5.54. The molecule has 0 aromatic heterocycles. The lowest BCUT2D eigenvalue weighted by Crippen LogP contribution is -2.00. The van der Waals surface area contributed by atoms with Crippen LogP contribution in [0.3, 0.4) is 0 Å². The van der Waals surface area contributed by atoms with Gasteiger partial charge in [-0.25, -0.2) is 0 Å². The molecule has 0 heterocycles. The smallest absolute Gasteiger partial charge is 0.119 e. The van der Waals surface area contributed by atoms with E-state index >= 15 is 0 Å². The largest absolute Gasteiger partial charge is 0.494 e.